The van der Waals surface area contributed by atoms with E-state index in [0.29, 0.717) is 19.8 Å². The number of ether oxygens (including phenoxy) is 1. The van der Waals surface area contributed by atoms with Gasteiger partial charge in [0.2, 0.25) is 0 Å². The van der Waals surface area contributed by atoms with Gasteiger partial charge in [-0.2, -0.15) is 0 Å². The first-order chi connectivity index (χ1) is 8.60. The monoisotopic (exact) mass is 318 g/mol. The van der Waals surface area contributed by atoms with Crippen LogP contribution in [0.1, 0.15) is 18.5 Å². The normalized spacial score (nSPS) is 13.0. The molecule has 2 N–H and O–H groups in total. The number of halogens is 2. The van der Waals surface area contributed by atoms with Crippen LogP contribution in [0.25, 0.3) is 0 Å². The summed E-state index contributed by atoms with van der Waals surface area (Å²) in [5.41, 5.74) is 6.82. The fourth-order valence-corrected chi connectivity index (χ4v) is 2.44. The lowest BCUT2D eigenvalue weighted by atomic mass is 10.1. The molecule has 0 aliphatic rings. The largest absolute Gasteiger partial charge is 0.380 e. The Morgan fingerprint density at radius 1 is 1.50 bits per heavy atom. The number of hydrogen-bond acceptors (Lipinski definition) is 3. The second-order valence-electron chi connectivity index (χ2n) is 4.09. The van der Waals surface area contributed by atoms with Crippen molar-refractivity contribution in [1.29, 1.82) is 0 Å². The van der Waals surface area contributed by atoms with Gasteiger partial charge < -0.3 is 10.5 Å². The van der Waals surface area contributed by atoms with Crippen LogP contribution in [0.3, 0.4) is 0 Å². The number of rotatable bonds is 7. The van der Waals surface area contributed by atoms with Crippen LogP contribution in [0.5, 0.6) is 0 Å². The SMILES string of the molecule is CCOCCN(C)C(CN)c1ccc(F)cc1Br. The molecule has 0 spiro atoms. The van der Waals surface area contributed by atoms with Crippen molar-refractivity contribution in [3.05, 3.63) is 34.1 Å². The molecule has 0 aromatic heterocycles. The lowest BCUT2D eigenvalue weighted by molar-refractivity contribution is 0.108. The van der Waals surface area contributed by atoms with Gasteiger partial charge in [0.05, 0.1) is 6.61 Å². The molecule has 18 heavy (non-hydrogen) atoms. The van der Waals surface area contributed by atoms with Gasteiger partial charge in [-0.05, 0) is 31.7 Å². The summed E-state index contributed by atoms with van der Waals surface area (Å²) < 4.78 is 19.2. The highest BCUT2D eigenvalue weighted by Gasteiger charge is 2.18. The average Bonchev–Trinajstić information content (AvgIpc) is 2.33. The van der Waals surface area contributed by atoms with Crippen molar-refractivity contribution in [2.75, 3.05) is 33.4 Å². The Bertz CT molecular complexity index is 376. The van der Waals surface area contributed by atoms with E-state index in [1.807, 2.05) is 14.0 Å². The van der Waals surface area contributed by atoms with E-state index in [9.17, 15) is 4.39 Å². The summed E-state index contributed by atoms with van der Waals surface area (Å²) in [6, 6.07) is 4.75. The summed E-state index contributed by atoms with van der Waals surface area (Å²) in [7, 11) is 1.99. The van der Waals surface area contributed by atoms with E-state index in [4.69, 9.17) is 10.5 Å². The summed E-state index contributed by atoms with van der Waals surface area (Å²) in [6.45, 7) is 4.62. The van der Waals surface area contributed by atoms with Gasteiger partial charge in [0.25, 0.3) is 0 Å². The van der Waals surface area contributed by atoms with Gasteiger partial charge in [-0.15, -0.1) is 0 Å². The third kappa shape index (κ3) is 4.31. The van der Waals surface area contributed by atoms with Crippen LogP contribution in [0.2, 0.25) is 0 Å². The van der Waals surface area contributed by atoms with Crippen molar-refractivity contribution in [2.24, 2.45) is 5.73 Å². The molecule has 3 nitrogen and oxygen atoms in total. The van der Waals surface area contributed by atoms with Crippen LogP contribution in [-0.4, -0.2) is 38.3 Å². The van der Waals surface area contributed by atoms with E-state index < -0.39 is 0 Å². The minimum Gasteiger partial charge on any atom is -0.380 e. The Kier molecular flexibility index (Phi) is 6.78. The predicted molar refractivity (Wildman–Crippen MR) is 75.0 cm³/mol. The summed E-state index contributed by atoms with van der Waals surface area (Å²) in [6.07, 6.45) is 0. The molecule has 5 heteroatoms. The van der Waals surface area contributed by atoms with Gasteiger partial charge in [-0.1, -0.05) is 22.0 Å². The first kappa shape index (κ1) is 15.6. The second-order valence-corrected chi connectivity index (χ2v) is 4.95. The Morgan fingerprint density at radius 3 is 2.78 bits per heavy atom. The fourth-order valence-electron chi connectivity index (χ4n) is 1.82. The molecular weight excluding hydrogens is 299 g/mol. The van der Waals surface area contributed by atoms with Crippen LogP contribution < -0.4 is 5.73 Å². The van der Waals surface area contributed by atoms with E-state index in [1.54, 1.807) is 6.07 Å². The van der Waals surface area contributed by atoms with Gasteiger partial charge in [0, 0.05) is 30.2 Å². The van der Waals surface area contributed by atoms with Gasteiger partial charge >= 0.3 is 0 Å². The van der Waals surface area contributed by atoms with E-state index in [-0.39, 0.29) is 11.9 Å². The first-order valence-electron chi connectivity index (χ1n) is 6.03. The Hall–Kier alpha value is -0.490. The highest BCUT2D eigenvalue weighted by Crippen LogP contribution is 2.27. The Morgan fingerprint density at radius 2 is 2.22 bits per heavy atom. The number of hydrogen-bond donors (Lipinski definition) is 1. The third-order valence-electron chi connectivity index (χ3n) is 2.87. The highest BCUT2D eigenvalue weighted by molar-refractivity contribution is 9.10. The van der Waals surface area contributed by atoms with Crippen molar-refractivity contribution in [3.8, 4) is 0 Å². The maximum Gasteiger partial charge on any atom is 0.124 e. The van der Waals surface area contributed by atoms with Crippen LogP contribution >= 0.6 is 15.9 Å². The zero-order valence-electron chi connectivity index (χ0n) is 10.8. The molecule has 0 bridgehead atoms. The van der Waals surface area contributed by atoms with Crippen LogP contribution in [0, 0.1) is 5.82 Å². The van der Waals surface area contributed by atoms with Gasteiger partial charge in [0.15, 0.2) is 0 Å². The minimum absolute atomic E-state index is 0.0560. The van der Waals surface area contributed by atoms with E-state index in [0.717, 1.165) is 16.6 Å². The average molecular weight is 319 g/mol. The van der Waals surface area contributed by atoms with Crippen molar-refractivity contribution in [1.82, 2.24) is 4.90 Å². The molecular formula is C13H20BrFN2O. The van der Waals surface area contributed by atoms with Gasteiger partial charge in [-0.25, -0.2) is 4.39 Å². The second kappa shape index (κ2) is 7.84. The first-order valence-corrected chi connectivity index (χ1v) is 6.82. The molecule has 0 fully saturated rings. The fraction of sp³-hybridized carbons (Fsp3) is 0.538. The molecule has 1 unspecified atom stereocenters. The minimum atomic E-state index is -0.252. The van der Waals surface area contributed by atoms with Crippen molar-refractivity contribution in [2.45, 2.75) is 13.0 Å². The molecule has 0 aliphatic heterocycles. The molecule has 1 aromatic carbocycles. The van der Waals surface area contributed by atoms with Crippen LogP contribution in [0.15, 0.2) is 22.7 Å². The molecule has 1 atom stereocenters. The topological polar surface area (TPSA) is 38.5 Å². The summed E-state index contributed by atoms with van der Waals surface area (Å²) in [4.78, 5) is 2.12. The molecule has 0 saturated heterocycles. The highest BCUT2D eigenvalue weighted by atomic mass is 79.9. The zero-order chi connectivity index (χ0) is 13.5. The number of nitrogens with zero attached hydrogens (tertiary/aromatic N) is 1. The lowest BCUT2D eigenvalue weighted by Crippen LogP contribution is -2.33. The van der Waals surface area contributed by atoms with E-state index >= 15 is 0 Å². The van der Waals surface area contributed by atoms with Gasteiger partial charge in [0.1, 0.15) is 5.82 Å². The smallest absolute Gasteiger partial charge is 0.124 e. The molecule has 1 rings (SSSR count). The van der Waals surface area contributed by atoms with Crippen molar-refractivity contribution >= 4 is 15.9 Å². The molecule has 1 aromatic rings. The van der Waals surface area contributed by atoms with Crippen molar-refractivity contribution in [3.63, 3.8) is 0 Å². The number of benzene rings is 1. The number of nitrogens with two attached hydrogens (primary N) is 1. The molecule has 0 radical (unpaired) electrons. The molecule has 0 heterocycles. The number of likely N-dealkylation sites (N-methyl/N-ethyl adjacent to an activating group) is 1. The Balaban J connectivity index is 2.75. The standard InChI is InChI=1S/C13H20BrFN2O/c1-3-18-7-6-17(2)13(9-16)11-5-4-10(15)8-12(11)14/h4-5,8,13H,3,6-7,9,16H2,1-2H3. The van der Waals surface area contributed by atoms with E-state index in [2.05, 4.69) is 20.8 Å². The molecule has 102 valence electrons. The van der Waals surface area contributed by atoms with E-state index in [1.165, 1.54) is 12.1 Å². The summed E-state index contributed by atoms with van der Waals surface area (Å²) >= 11 is 3.39. The lowest BCUT2D eigenvalue weighted by Gasteiger charge is -2.28. The molecule has 0 aliphatic carbocycles. The summed E-state index contributed by atoms with van der Waals surface area (Å²) in [5.74, 6) is -0.252. The maximum absolute atomic E-state index is 13.1. The quantitative estimate of drug-likeness (QED) is 0.785. The molecule has 0 saturated carbocycles. The third-order valence-corrected chi connectivity index (χ3v) is 3.56. The van der Waals surface area contributed by atoms with Crippen LogP contribution in [0.4, 0.5) is 4.39 Å². The Labute approximate surface area is 116 Å². The summed E-state index contributed by atoms with van der Waals surface area (Å²) in [5, 5.41) is 0. The van der Waals surface area contributed by atoms with Crippen molar-refractivity contribution < 1.29 is 9.13 Å². The van der Waals surface area contributed by atoms with Gasteiger partial charge in [-0.3, -0.25) is 4.90 Å². The zero-order valence-corrected chi connectivity index (χ0v) is 12.4. The molecule has 0 amide bonds. The maximum atomic E-state index is 13.1. The van der Waals surface area contributed by atoms with Crippen LogP contribution in [-0.2, 0) is 4.74 Å². The predicted octanol–water partition coefficient (Wildman–Crippen LogP) is 2.56.